The van der Waals surface area contributed by atoms with Crippen molar-refractivity contribution in [1.82, 2.24) is 10.2 Å². The number of carbonyl (C=O) groups is 3. The SMILES string of the molecule is CCNC(=O)[C@H](CC)N(Cc1cccc(C)c1)C(=O)CCCN1C(=O)c2cccc3cccc1c23. The number of hydrogen-bond acceptors (Lipinski definition) is 3. The Labute approximate surface area is 206 Å². The molecular weight excluding hydrogens is 438 g/mol. The third-order valence-corrected chi connectivity index (χ3v) is 6.59. The van der Waals surface area contributed by atoms with Crippen LogP contribution in [0.2, 0.25) is 0 Å². The van der Waals surface area contributed by atoms with Crippen molar-refractivity contribution in [3.8, 4) is 0 Å². The highest BCUT2D eigenvalue weighted by molar-refractivity contribution is 6.25. The van der Waals surface area contributed by atoms with E-state index in [-0.39, 0.29) is 24.1 Å². The van der Waals surface area contributed by atoms with Crippen LogP contribution in [0.25, 0.3) is 10.8 Å². The Hall–Kier alpha value is -3.67. The maximum atomic E-state index is 13.4. The highest BCUT2D eigenvalue weighted by Crippen LogP contribution is 2.37. The van der Waals surface area contributed by atoms with Crippen LogP contribution in [0.5, 0.6) is 0 Å². The third-order valence-electron chi connectivity index (χ3n) is 6.59. The zero-order chi connectivity index (χ0) is 24.9. The van der Waals surface area contributed by atoms with Gasteiger partial charge in [0.1, 0.15) is 6.04 Å². The molecule has 0 saturated heterocycles. The Morgan fingerprint density at radius 3 is 2.49 bits per heavy atom. The van der Waals surface area contributed by atoms with E-state index in [1.807, 2.05) is 81.4 Å². The van der Waals surface area contributed by atoms with Gasteiger partial charge in [-0.25, -0.2) is 0 Å². The summed E-state index contributed by atoms with van der Waals surface area (Å²) in [5.74, 6) is -0.227. The molecule has 0 aliphatic carbocycles. The van der Waals surface area contributed by atoms with E-state index in [9.17, 15) is 14.4 Å². The van der Waals surface area contributed by atoms with E-state index in [2.05, 4.69) is 5.32 Å². The molecule has 1 atom stereocenters. The normalized spacial score (nSPS) is 13.2. The molecule has 4 rings (SSSR count). The van der Waals surface area contributed by atoms with E-state index in [0.717, 1.165) is 27.6 Å². The molecule has 3 amide bonds. The summed E-state index contributed by atoms with van der Waals surface area (Å²) in [6.07, 6.45) is 1.31. The van der Waals surface area contributed by atoms with Gasteiger partial charge in [0.2, 0.25) is 11.8 Å². The monoisotopic (exact) mass is 471 g/mol. The number of carbonyl (C=O) groups excluding carboxylic acids is 3. The fraction of sp³-hybridized carbons (Fsp3) is 0.345. The van der Waals surface area contributed by atoms with Crippen molar-refractivity contribution in [3.63, 3.8) is 0 Å². The number of nitrogens with zero attached hydrogens (tertiary/aromatic N) is 2. The topological polar surface area (TPSA) is 69.7 Å². The molecule has 182 valence electrons. The summed E-state index contributed by atoms with van der Waals surface area (Å²) in [6, 6.07) is 19.2. The van der Waals surface area contributed by atoms with E-state index in [4.69, 9.17) is 0 Å². The molecule has 0 spiro atoms. The van der Waals surface area contributed by atoms with Gasteiger partial charge in [0.25, 0.3) is 5.91 Å². The van der Waals surface area contributed by atoms with Crippen molar-refractivity contribution >= 4 is 34.2 Å². The van der Waals surface area contributed by atoms with Crippen LogP contribution in [-0.2, 0) is 16.1 Å². The second kappa shape index (κ2) is 10.7. The molecule has 1 aliphatic rings. The lowest BCUT2D eigenvalue weighted by Crippen LogP contribution is -2.49. The molecule has 0 radical (unpaired) electrons. The zero-order valence-electron chi connectivity index (χ0n) is 20.7. The van der Waals surface area contributed by atoms with E-state index in [1.54, 1.807) is 9.80 Å². The summed E-state index contributed by atoms with van der Waals surface area (Å²) in [5.41, 5.74) is 3.73. The average molecular weight is 472 g/mol. The van der Waals surface area contributed by atoms with E-state index < -0.39 is 6.04 Å². The third kappa shape index (κ3) is 5.06. The van der Waals surface area contributed by atoms with Crippen LogP contribution in [0, 0.1) is 6.92 Å². The first kappa shape index (κ1) is 24.5. The first-order valence-corrected chi connectivity index (χ1v) is 12.4. The Morgan fingerprint density at radius 1 is 1.03 bits per heavy atom. The maximum Gasteiger partial charge on any atom is 0.258 e. The zero-order valence-corrected chi connectivity index (χ0v) is 20.7. The van der Waals surface area contributed by atoms with Gasteiger partial charge in [-0.15, -0.1) is 0 Å². The maximum absolute atomic E-state index is 13.4. The number of aryl methyl sites for hydroxylation is 1. The Kier molecular flexibility index (Phi) is 7.49. The van der Waals surface area contributed by atoms with Crippen LogP contribution in [0.3, 0.4) is 0 Å². The average Bonchev–Trinajstić information content (AvgIpc) is 3.12. The molecule has 1 N–H and O–H groups in total. The van der Waals surface area contributed by atoms with Crippen molar-refractivity contribution in [3.05, 3.63) is 77.4 Å². The summed E-state index contributed by atoms with van der Waals surface area (Å²) in [5, 5.41) is 4.90. The van der Waals surface area contributed by atoms with Gasteiger partial charge in [-0.05, 0) is 49.8 Å². The summed E-state index contributed by atoms with van der Waals surface area (Å²) in [4.78, 5) is 42.7. The number of amides is 3. The predicted octanol–water partition coefficient (Wildman–Crippen LogP) is 4.83. The number of likely N-dealkylation sites (N-methyl/N-ethyl adjacent to an activating group) is 1. The molecular formula is C29H33N3O3. The molecule has 0 bridgehead atoms. The molecule has 35 heavy (non-hydrogen) atoms. The summed E-state index contributed by atoms with van der Waals surface area (Å²) >= 11 is 0. The highest BCUT2D eigenvalue weighted by atomic mass is 16.2. The lowest BCUT2D eigenvalue weighted by Gasteiger charge is -2.31. The Bertz CT molecular complexity index is 1250. The molecule has 1 heterocycles. The quantitative estimate of drug-likeness (QED) is 0.460. The lowest BCUT2D eigenvalue weighted by molar-refractivity contribution is -0.141. The van der Waals surface area contributed by atoms with Crippen molar-refractivity contribution in [2.75, 3.05) is 18.0 Å². The Morgan fingerprint density at radius 2 is 1.77 bits per heavy atom. The molecule has 1 aliphatic heterocycles. The number of rotatable bonds is 10. The molecule has 3 aromatic rings. The van der Waals surface area contributed by atoms with Crippen LogP contribution in [0.4, 0.5) is 5.69 Å². The van der Waals surface area contributed by atoms with Gasteiger partial charge >= 0.3 is 0 Å². The highest BCUT2D eigenvalue weighted by Gasteiger charge is 2.31. The van der Waals surface area contributed by atoms with Gasteiger partial charge in [-0.1, -0.05) is 61.0 Å². The van der Waals surface area contributed by atoms with Gasteiger partial charge in [0, 0.05) is 37.0 Å². The van der Waals surface area contributed by atoms with Crippen molar-refractivity contribution in [2.45, 2.75) is 52.6 Å². The molecule has 0 unspecified atom stereocenters. The molecule has 6 nitrogen and oxygen atoms in total. The first-order valence-electron chi connectivity index (χ1n) is 12.4. The van der Waals surface area contributed by atoms with Gasteiger partial charge in [-0.3, -0.25) is 14.4 Å². The van der Waals surface area contributed by atoms with E-state index >= 15 is 0 Å². The number of nitrogens with one attached hydrogen (secondary N) is 1. The summed E-state index contributed by atoms with van der Waals surface area (Å²) in [7, 11) is 0. The smallest absolute Gasteiger partial charge is 0.258 e. The summed E-state index contributed by atoms with van der Waals surface area (Å²) in [6.45, 7) is 7.17. The predicted molar refractivity (Wildman–Crippen MR) is 139 cm³/mol. The standard InChI is InChI=1S/C29H33N3O3/c1-4-24(28(34)30-5-2)32(19-21-11-6-10-20(3)18-21)26(33)16-9-17-31-25-15-8-13-22-12-7-14-23(27(22)25)29(31)35/h6-8,10-15,18,24H,4-5,9,16-17,19H2,1-3H3,(H,30,34)/t24-/m0/s1. The van der Waals surface area contributed by atoms with Gasteiger partial charge in [0.05, 0.1) is 5.69 Å². The van der Waals surface area contributed by atoms with E-state index in [0.29, 0.717) is 38.0 Å². The van der Waals surface area contributed by atoms with Gasteiger partial charge in [0.15, 0.2) is 0 Å². The second-order valence-electron chi connectivity index (χ2n) is 9.07. The van der Waals surface area contributed by atoms with Gasteiger partial charge < -0.3 is 15.1 Å². The minimum Gasteiger partial charge on any atom is -0.355 e. The molecule has 0 fully saturated rings. The fourth-order valence-electron chi connectivity index (χ4n) is 4.95. The van der Waals surface area contributed by atoms with Crippen molar-refractivity contribution < 1.29 is 14.4 Å². The van der Waals surface area contributed by atoms with Crippen LogP contribution >= 0.6 is 0 Å². The van der Waals surface area contributed by atoms with Crippen LogP contribution in [0.15, 0.2) is 60.7 Å². The fourth-order valence-corrected chi connectivity index (χ4v) is 4.95. The number of benzene rings is 3. The molecule has 6 heteroatoms. The summed E-state index contributed by atoms with van der Waals surface area (Å²) < 4.78 is 0. The first-order chi connectivity index (χ1) is 16.9. The van der Waals surface area contributed by atoms with Gasteiger partial charge in [-0.2, -0.15) is 0 Å². The molecule has 3 aromatic carbocycles. The molecule has 0 saturated carbocycles. The van der Waals surface area contributed by atoms with Crippen LogP contribution in [0.1, 0.15) is 54.6 Å². The number of hydrogen-bond donors (Lipinski definition) is 1. The second-order valence-corrected chi connectivity index (χ2v) is 9.07. The Balaban J connectivity index is 1.48. The largest absolute Gasteiger partial charge is 0.355 e. The minimum absolute atomic E-state index is 0.0189. The lowest BCUT2D eigenvalue weighted by atomic mass is 10.1. The van der Waals surface area contributed by atoms with Crippen LogP contribution in [-0.4, -0.2) is 41.8 Å². The van der Waals surface area contributed by atoms with E-state index in [1.165, 1.54) is 0 Å². The van der Waals surface area contributed by atoms with Crippen molar-refractivity contribution in [1.29, 1.82) is 0 Å². The van der Waals surface area contributed by atoms with Crippen molar-refractivity contribution in [2.24, 2.45) is 0 Å². The minimum atomic E-state index is -0.533. The molecule has 0 aromatic heterocycles. The van der Waals surface area contributed by atoms with Crippen LogP contribution < -0.4 is 10.2 Å². The number of anilines is 1.